The van der Waals surface area contributed by atoms with Gasteiger partial charge in [0.2, 0.25) is 0 Å². The largest absolute Gasteiger partial charge is 0.392 e. The number of hydrogen-bond acceptors (Lipinski definition) is 3. The first-order valence-electron chi connectivity index (χ1n) is 5.32. The topological polar surface area (TPSA) is 62.2 Å². The van der Waals surface area contributed by atoms with E-state index in [-0.39, 0.29) is 12.2 Å². The van der Waals surface area contributed by atoms with E-state index in [9.17, 15) is 9.18 Å². The smallest absolute Gasteiger partial charge is 0.256 e. The van der Waals surface area contributed by atoms with Crippen LogP contribution in [0.5, 0.6) is 0 Å². The van der Waals surface area contributed by atoms with E-state index in [1.54, 1.807) is 12.1 Å². The van der Waals surface area contributed by atoms with Gasteiger partial charge in [0.1, 0.15) is 11.6 Å². The number of rotatable bonds is 3. The van der Waals surface area contributed by atoms with Gasteiger partial charge in [-0.2, -0.15) is 0 Å². The lowest BCUT2D eigenvalue weighted by atomic mass is 10.2. The minimum absolute atomic E-state index is 0.134. The summed E-state index contributed by atoms with van der Waals surface area (Å²) in [6.07, 6.45) is 1.48. The Morgan fingerprint density at radius 3 is 2.89 bits per heavy atom. The molecule has 0 atom stereocenters. The van der Waals surface area contributed by atoms with E-state index in [4.69, 9.17) is 5.11 Å². The molecule has 4 nitrogen and oxygen atoms in total. The second-order valence-corrected chi connectivity index (χ2v) is 3.67. The molecule has 2 N–H and O–H groups in total. The molecule has 2 rings (SSSR count). The molecule has 0 unspecified atom stereocenters. The van der Waals surface area contributed by atoms with E-state index in [1.807, 2.05) is 0 Å². The zero-order valence-electron chi connectivity index (χ0n) is 9.43. The first kappa shape index (κ1) is 12.2. The molecule has 92 valence electrons. The highest BCUT2D eigenvalue weighted by atomic mass is 19.1. The van der Waals surface area contributed by atoms with Crippen molar-refractivity contribution in [3.05, 3.63) is 59.5 Å². The van der Waals surface area contributed by atoms with E-state index in [0.717, 1.165) is 6.07 Å². The van der Waals surface area contributed by atoms with Crippen molar-refractivity contribution in [2.75, 3.05) is 5.32 Å². The lowest BCUT2D eigenvalue weighted by Crippen LogP contribution is -2.13. The fourth-order valence-corrected chi connectivity index (χ4v) is 1.46. The van der Waals surface area contributed by atoms with E-state index < -0.39 is 11.7 Å². The number of benzene rings is 1. The van der Waals surface area contributed by atoms with Gasteiger partial charge in [0.25, 0.3) is 5.91 Å². The summed E-state index contributed by atoms with van der Waals surface area (Å²) in [6.45, 7) is -0.134. The first-order chi connectivity index (χ1) is 8.69. The lowest BCUT2D eigenvalue weighted by molar-refractivity contribution is 0.102. The van der Waals surface area contributed by atoms with Crippen LogP contribution in [0, 0.1) is 5.82 Å². The summed E-state index contributed by atoms with van der Waals surface area (Å²) in [5.74, 6) is -0.604. The Kier molecular flexibility index (Phi) is 3.64. The summed E-state index contributed by atoms with van der Waals surface area (Å²) in [4.78, 5) is 15.7. The van der Waals surface area contributed by atoms with Gasteiger partial charge in [-0.25, -0.2) is 9.37 Å². The van der Waals surface area contributed by atoms with Crippen molar-refractivity contribution in [1.29, 1.82) is 0 Å². The number of nitrogens with zero attached hydrogens (tertiary/aromatic N) is 1. The number of aliphatic hydroxyl groups is 1. The Hall–Kier alpha value is -2.27. The standard InChI is InChI=1S/C13H11FN2O2/c14-11-3-1-2-10(7-11)13(18)16-12-6-9(8-17)4-5-15-12/h1-7,17H,8H2,(H,15,16,18). The van der Waals surface area contributed by atoms with Crippen molar-refractivity contribution in [1.82, 2.24) is 4.98 Å². The zero-order chi connectivity index (χ0) is 13.0. The van der Waals surface area contributed by atoms with E-state index in [0.29, 0.717) is 11.4 Å². The van der Waals surface area contributed by atoms with Crippen LogP contribution in [0.3, 0.4) is 0 Å². The summed E-state index contributed by atoms with van der Waals surface area (Å²) < 4.78 is 13.0. The fourth-order valence-electron chi connectivity index (χ4n) is 1.46. The second kappa shape index (κ2) is 5.37. The summed E-state index contributed by atoms with van der Waals surface area (Å²) in [5, 5.41) is 11.5. The highest BCUT2D eigenvalue weighted by molar-refractivity contribution is 6.03. The van der Waals surface area contributed by atoms with E-state index in [2.05, 4.69) is 10.3 Å². The minimum atomic E-state index is -0.472. The molecule has 0 saturated heterocycles. The third-order valence-corrected chi connectivity index (χ3v) is 2.34. The Balaban J connectivity index is 2.16. The van der Waals surface area contributed by atoms with Crippen LogP contribution in [-0.4, -0.2) is 16.0 Å². The number of hydrogen-bond donors (Lipinski definition) is 2. The van der Waals surface area contributed by atoms with Gasteiger partial charge >= 0.3 is 0 Å². The average Bonchev–Trinajstić information content (AvgIpc) is 2.39. The fraction of sp³-hybridized carbons (Fsp3) is 0.0769. The third kappa shape index (κ3) is 2.89. The van der Waals surface area contributed by atoms with Crippen LogP contribution in [0.25, 0.3) is 0 Å². The number of aliphatic hydroxyl groups excluding tert-OH is 1. The predicted molar refractivity (Wildman–Crippen MR) is 64.5 cm³/mol. The van der Waals surface area contributed by atoms with Gasteiger partial charge in [-0.3, -0.25) is 4.79 Å². The van der Waals surface area contributed by atoms with Crippen LogP contribution in [0.1, 0.15) is 15.9 Å². The molecule has 2 aromatic rings. The highest BCUT2D eigenvalue weighted by Gasteiger charge is 2.07. The molecule has 0 aliphatic rings. The van der Waals surface area contributed by atoms with Crippen molar-refractivity contribution < 1.29 is 14.3 Å². The molecule has 0 radical (unpaired) electrons. The molecule has 0 bridgehead atoms. The summed E-state index contributed by atoms with van der Waals surface area (Å²) >= 11 is 0. The molecular weight excluding hydrogens is 235 g/mol. The lowest BCUT2D eigenvalue weighted by Gasteiger charge is -2.05. The minimum Gasteiger partial charge on any atom is -0.392 e. The molecule has 0 spiro atoms. The second-order valence-electron chi connectivity index (χ2n) is 3.67. The zero-order valence-corrected chi connectivity index (χ0v) is 9.43. The highest BCUT2D eigenvalue weighted by Crippen LogP contribution is 2.10. The van der Waals surface area contributed by atoms with Gasteiger partial charge in [-0.15, -0.1) is 0 Å². The van der Waals surface area contributed by atoms with E-state index in [1.165, 1.54) is 24.4 Å². The number of nitrogens with one attached hydrogen (secondary N) is 1. The average molecular weight is 246 g/mol. The number of pyridine rings is 1. The SMILES string of the molecule is O=C(Nc1cc(CO)ccn1)c1cccc(F)c1. The maximum Gasteiger partial charge on any atom is 0.256 e. The molecule has 0 aliphatic carbocycles. The van der Waals surface area contributed by atoms with Crippen molar-refractivity contribution in [3.63, 3.8) is 0 Å². The Labute approximate surface area is 103 Å². The monoisotopic (exact) mass is 246 g/mol. The van der Waals surface area contributed by atoms with Crippen molar-refractivity contribution in [2.24, 2.45) is 0 Å². The molecule has 0 saturated carbocycles. The van der Waals surface area contributed by atoms with E-state index >= 15 is 0 Å². The summed E-state index contributed by atoms with van der Waals surface area (Å²) in [7, 11) is 0. The quantitative estimate of drug-likeness (QED) is 0.870. The van der Waals surface area contributed by atoms with Crippen LogP contribution in [-0.2, 0) is 6.61 Å². The Bertz CT molecular complexity index is 572. The van der Waals surface area contributed by atoms with Crippen LogP contribution in [0.15, 0.2) is 42.6 Å². The number of anilines is 1. The predicted octanol–water partition coefficient (Wildman–Crippen LogP) is 1.97. The van der Waals surface area contributed by atoms with Crippen molar-refractivity contribution in [2.45, 2.75) is 6.61 Å². The maximum absolute atomic E-state index is 13.0. The summed E-state index contributed by atoms with van der Waals surface area (Å²) in [6, 6.07) is 8.57. The van der Waals surface area contributed by atoms with Gasteiger partial charge in [0.15, 0.2) is 0 Å². The molecule has 1 heterocycles. The van der Waals surface area contributed by atoms with Crippen molar-refractivity contribution in [3.8, 4) is 0 Å². The molecule has 1 aromatic heterocycles. The van der Waals surface area contributed by atoms with Crippen molar-refractivity contribution >= 4 is 11.7 Å². The summed E-state index contributed by atoms with van der Waals surface area (Å²) in [5.41, 5.74) is 0.853. The molecule has 1 aromatic carbocycles. The van der Waals surface area contributed by atoms with Gasteiger partial charge in [0, 0.05) is 11.8 Å². The molecule has 1 amide bonds. The van der Waals surface area contributed by atoms with Gasteiger partial charge in [-0.05, 0) is 35.9 Å². The first-order valence-corrected chi connectivity index (χ1v) is 5.32. The maximum atomic E-state index is 13.0. The van der Waals surface area contributed by atoms with Crippen LogP contribution in [0.2, 0.25) is 0 Å². The van der Waals surface area contributed by atoms with Gasteiger partial charge in [0.05, 0.1) is 6.61 Å². The Morgan fingerprint density at radius 2 is 2.17 bits per heavy atom. The number of carbonyl (C=O) groups excluding carboxylic acids is 1. The van der Waals surface area contributed by atoms with Crippen LogP contribution in [0.4, 0.5) is 10.2 Å². The van der Waals surface area contributed by atoms with Crippen LogP contribution < -0.4 is 5.32 Å². The number of aromatic nitrogens is 1. The Morgan fingerprint density at radius 1 is 1.33 bits per heavy atom. The normalized spacial score (nSPS) is 10.1. The molecular formula is C13H11FN2O2. The number of carbonyl (C=O) groups is 1. The molecule has 0 aliphatic heterocycles. The molecule has 5 heteroatoms. The number of halogens is 1. The molecule has 18 heavy (non-hydrogen) atoms. The van der Waals surface area contributed by atoms with Gasteiger partial charge < -0.3 is 10.4 Å². The molecule has 0 fully saturated rings. The third-order valence-electron chi connectivity index (χ3n) is 2.34. The van der Waals surface area contributed by atoms with Crippen LogP contribution >= 0.6 is 0 Å². The number of amides is 1. The van der Waals surface area contributed by atoms with Gasteiger partial charge in [-0.1, -0.05) is 6.07 Å².